The zero-order valence-electron chi connectivity index (χ0n) is 9.49. The van der Waals surface area contributed by atoms with Crippen molar-refractivity contribution in [1.82, 2.24) is 15.0 Å². The van der Waals surface area contributed by atoms with E-state index >= 15 is 0 Å². The van der Waals surface area contributed by atoms with E-state index in [0.717, 1.165) is 27.9 Å². The number of aromatic nitrogens is 3. The summed E-state index contributed by atoms with van der Waals surface area (Å²) in [6, 6.07) is 8.11. The first-order valence-electron chi connectivity index (χ1n) is 5.52. The van der Waals surface area contributed by atoms with Crippen molar-refractivity contribution in [2.75, 3.05) is 0 Å². The van der Waals surface area contributed by atoms with E-state index in [0.29, 0.717) is 5.82 Å². The number of hydrogen-bond acceptors (Lipinski definition) is 2. The summed E-state index contributed by atoms with van der Waals surface area (Å²) in [6.45, 7) is 1.90. The minimum atomic E-state index is -0.0663. The molecule has 86 valence electrons. The van der Waals surface area contributed by atoms with Crippen molar-refractivity contribution < 1.29 is 5.11 Å². The van der Waals surface area contributed by atoms with Crippen LogP contribution in [0.4, 0.5) is 0 Å². The predicted octanol–water partition coefficient (Wildman–Crippen LogP) is 2.36. The number of aliphatic hydroxyl groups excluding tert-OH is 1. The summed E-state index contributed by atoms with van der Waals surface area (Å²) >= 11 is 0. The molecular weight excluding hydrogens is 214 g/mol. The molecule has 0 aliphatic heterocycles. The van der Waals surface area contributed by atoms with Crippen LogP contribution < -0.4 is 0 Å². The number of H-pyrrole nitrogens is 2. The fourth-order valence-corrected chi connectivity index (χ4v) is 2.13. The SMILES string of the molecule is Cc1[nH]c(CO)nc1-c1c[nH]c2ccccc12. The van der Waals surface area contributed by atoms with E-state index in [2.05, 4.69) is 21.0 Å². The molecule has 0 saturated heterocycles. The molecule has 0 atom stereocenters. The zero-order chi connectivity index (χ0) is 11.8. The lowest BCUT2D eigenvalue weighted by Gasteiger charge is -1.95. The van der Waals surface area contributed by atoms with E-state index in [1.807, 2.05) is 31.3 Å². The van der Waals surface area contributed by atoms with Crippen LogP contribution in [0.3, 0.4) is 0 Å². The molecule has 0 unspecified atom stereocenters. The molecule has 0 fully saturated rings. The Kier molecular flexibility index (Phi) is 2.23. The van der Waals surface area contributed by atoms with Gasteiger partial charge in [-0.05, 0) is 13.0 Å². The van der Waals surface area contributed by atoms with Crippen molar-refractivity contribution in [3.63, 3.8) is 0 Å². The fraction of sp³-hybridized carbons (Fsp3) is 0.154. The molecule has 0 radical (unpaired) electrons. The third kappa shape index (κ3) is 1.54. The van der Waals surface area contributed by atoms with Crippen LogP contribution in [-0.4, -0.2) is 20.1 Å². The quantitative estimate of drug-likeness (QED) is 0.629. The summed E-state index contributed by atoms with van der Waals surface area (Å²) in [7, 11) is 0. The van der Waals surface area contributed by atoms with Crippen molar-refractivity contribution in [3.8, 4) is 11.3 Å². The number of nitrogens with one attached hydrogen (secondary N) is 2. The monoisotopic (exact) mass is 227 g/mol. The van der Waals surface area contributed by atoms with Gasteiger partial charge in [0, 0.05) is 28.4 Å². The Morgan fingerprint density at radius 3 is 2.88 bits per heavy atom. The van der Waals surface area contributed by atoms with Gasteiger partial charge in [-0.25, -0.2) is 4.98 Å². The highest BCUT2D eigenvalue weighted by Crippen LogP contribution is 2.29. The molecular formula is C13H13N3O. The van der Waals surface area contributed by atoms with Crippen LogP contribution in [0.5, 0.6) is 0 Å². The molecule has 3 rings (SSSR count). The first-order valence-corrected chi connectivity index (χ1v) is 5.52. The van der Waals surface area contributed by atoms with Crippen molar-refractivity contribution in [3.05, 3.63) is 42.0 Å². The number of imidazole rings is 1. The Hall–Kier alpha value is -2.07. The smallest absolute Gasteiger partial charge is 0.132 e. The van der Waals surface area contributed by atoms with Gasteiger partial charge in [0.2, 0.25) is 0 Å². The highest BCUT2D eigenvalue weighted by atomic mass is 16.3. The van der Waals surface area contributed by atoms with Gasteiger partial charge in [0.1, 0.15) is 12.4 Å². The second kappa shape index (κ2) is 3.75. The summed E-state index contributed by atoms with van der Waals surface area (Å²) in [5.41, 5.74) is 4.02. The van der Waals surface area contributed by atoms with Gasteiger partial charge in [-0.15, -0.1) is 0 Å². The topological polar surface area (TPSA) is 64.7 Å². The van der Waals surface area contributed by atoms with Crippen molar-refractivity contribution in [2.45, 2.75) is 13.5 Å². The number of para-hydroxylation sites is 1. The molecule has 17 heavy (non-hydrogen) atoms. The number of benzene rings is 1. The molecule has 0 aliphatic rings. The summed E-state index contributed by atoms with van der Waals surface area (Å²) in [4.78, 5) is 10.7. The van der Waals surface area contributed by atoms with Crippen LogP contribution in [0.1, 0.15) is 11.5 Å². The van der Waals surface area contributed by atoms with Crippen molar-refractivity contribution >= 4 is 10.9 Å². The second-order valence-electron chi connectivity index (χ2n) is 4.06. The third-order valence-electron chi connectivity index (χ3n) is 2.93. The maximum Gasteiger partial charge on any atom is 0.132 e. The number of aryl methyl sites for hydroxylation is 1. The van der Waals surface area contributed by atoms with E-state index in [9.17, 15) is 0 Å². The third-order valence-corrected chi connectivity index (χ3v) is 2.93. The molecule has 0 spiro atoms. The predicted molar refractivity (Wildman–Crippen MR) is 66.5 cm³/mol. The minimum Gasteiger partial charge on any atom is -0.388 e. The van der Waals surface area contributed by atoms with Gasteiger partial charge in [-0.2, -0.15) is 0 Å². The first kappa shape index (κ1) is 10.1. The van der Waals surface area contributed by atoms with Crippen LogP contribution in [0, 0.1) is 6.92 Å². The molecule has 0 saturated carbocycles. The average molecular weight is 227 g/mol. The molecule has 4 heteroatoms. The Bertz CT molecular complexity index is 666. The molecule has 0 aliphatic carbocycles. The zero-order valence-corrected chi connectivity index (χ0v) is 9.49. The van der Waals surface area contributed by atoms with Crippen LogP contribution in [0.25, 0.3) is 22.2 Å². The lowest BCUT2D eigenvalue weighted by atomic mass is 10.1. The number of nitrogens with zero attached hydrogens (tertiary/aromatic N) is 1. The summed E-state index contributed by atoms with van der Waals surface area (Å²) in [5.74, 6) is 0.600. The molecule has 2 aromatic heterocycles. The average Bonchev–Trinajstić information content (AvgIpc) is 2.92. The van der Waals surface area contributed by atoms with E-state index in [1.165, 1.54) is 0 Å². The molecule has 3 aromatic rings. The highest BCUT2D eigenvalue weighted by Gasteiger charge is 2.12. The van der Waals surface area contributed by atoms with Gasteiger partial charge >= 0.3 is 0 Å². The number of aliphatic hydroxyl groups is 1. The Labute approximate surface area is 98.3 Å². The maximum absolute atomic E-state index is 9.08. The molecule has 2 heterocycles. The minimum absolute atomic E-state index is 0.0663. The van der Waals surface area contributed by atoms with Gasteiger partial charge in [0.05, 0.1) is 5.69 Å². The highest BCUT2D eigenvalue weighted by molar-refractivity contribution is 5.95. The van der Waals surface area contributed by atoms with Crippen LogP contribution >= 0.6 is 0 Å². The van der Waals surface area contributed by atoms with Gasteiger partial charge < -0.3 is 15.1 Å². The van der Waals surface area contributed by atoms with Gasteiger partial charge in [-0.3, -0.25) is 0 Å². The Morgan fingerprint density at radius 1 is 1.29 bits per heavy atom. The number of fused-ring (bicyclic) bond motifs is 1. The number of aromatic amines is 2. The van der Waals surface area contributed by atoms with Crippen molar-refractivity contribution in [2.24, 2.45) is 0 Å². The van der Waals surface area contributed by atoms with Crippen LogP contribution in [-0.2, 0) is 6.61 Å². The molecule has 1 aromatic carbocycles. The molecule has 3 N–H and O–H groups in total. The largest absolute Gasteiger partial charge is 0.388 e. The summed E-state index contributed by atoms with van der Waals surface area (Å²) < 4.78 is 0. The lowest BCUT2D eigenvalue weighted by molar-refractivity contribution is 0.272. The van der Waals surface area contributed by atoms with Gasteiger partial charge in [-0.1, -0.05) is 18.2 Å². The number of hydrogen-bond donors (Lipinski definition) is 3. The normalized spacial score (nSPS) is 11.2. The molecule has 4 nitrogen and oxygen atoms in total. The molecule has 0 bridgehead atoms. The number of rotatable bonds is 2. The lowest BCUT2D eigenvalue weighted by Crippen LogP contribution is -1.84. The summed E-state index contributed by atoms with van der Waals surface area (Å²) in [5, 5.41) is 10.2. The van der Waals surface area contributed by atoms with Crippen LogP contribution in [0.2, 0.25) is 0 Å². The van der Waals surface area contributed by atoms with Crippen molar-refractivity contribution in [1.29, 1.82) is 0 Å². The Balaban J connectivity index is 2.23. The van der Waals surface area contributed by atoms with E-state index in [-0.39, 0.29) is 6.61 Å². The summed E-state index contributed by atoms with van der Waals surface area (Å²) in [6.07, 6.45) is 1.95. The van der Waals surface area contributed by atoms with Gasteiger partial charge in [0.25, 0.3) is 0 Å². The first-order chi connectivity index (χ1) is 8.29. The van der Waals surface area contributed by atoms with Crippen LogP contribution in [0.15, 0.2) is 30.5 Å². The maximum atomic E-state index is 9.08. The van der Waals surface area contributed by atoms with E-state index in [1.54, 1.807) is 0 Å². The van der Waals surface area contributed by atoms with E-state index < -0.39 is 0 Å². The Morgan fingerprint density at radius 2 is 2.12 bits per heavy atom. The van der Waals surface area contributed by atoms with E-state index in [4.69, 9.17) is 5.11 Å². The molecule has 0 amide bonds. The van der Waals surface area contributed by atoms with Gasteiger partial charge in [0.15, 0.2) is 0 Å². The second-order valence-corrected chi connectivity index (χ2v) is 4.06. The fourth-order valence-electron chi connectivity index (χ4n) is 2.13. The standard InChI is InChI=1S/C13H13N3O/c1-8-13(16-12(7-17)15-8)10-6-14-11-5-3-2-4-9(10)11/h2-6,14,17H,7H2,1H3,(H,15,16).